The number of amides is 3. The van der Waals surface area contributed by atoms with Crippen molar-refractivity contribution in [2.45, 2.75) is 84.1 Å². The number of nitrogens with one attached hydrogen (secondary N) is 5. The fraction of sp³-hybridized carbons (Fsp3) is 0.545. The molecule has 49 heavy (non-hydrogen) atoms. The molecule has 16 heteroatoms. The second-order valence-electron chi connectivity index (χ2n) is 13.0. The van der Waals surface area contributed by atoms with E-state index in [1.807, 2.05) is 34.6 Å². The highest BCUT2D eigenvalue weighted by atomic mass is 16.6. The highest BCUT2D eigenvalue weighted by Crippen LogP contribution is 2.21. The molecular formula is C33H50N10O6. The summed E-state index contributed by atoms with van der Waals surface area (Å²) < 4.78 is 12.0. The molecule has 0 saturated heterocycles. The van der Waals surface area contributed by atoms with E-state index in [0.29, 0.717) is 69.9 Å². The third kappa shape index (κ3) is 13.8. The van der Waals surface area contributed by atoms with Crippen LogP contribution in [0.2, 0.25) is 0 Å². The average Bonchev–Trinajstić information content (AvgIpc) is 3.06. The number of fused-ring (bicyclic) bond motifs is 1. The second-order valence-corrected chi connectivity index (χ2v) is 13.0. The first kappa shape index (κ1) is 38.8. The zero-order valence-electron chi connectivity index (χ0n) is 29.0. The summed E-state index contributed by atoms with van der Waals surface area (Å²) in [5.41, 5.74) is 11.4. The van der Waals surface area contributed by atoms with Gasteiger partial charge in [-0.1, -0.05) is 0 Å². The van der Waals surface area contributed by atoms with Crippen LogP contribution in [-0.2, 0) is 25.6 Å². The largest absolute Gasteiger partial charge is 0.379 e. The molecule has 3 aromatic rings. The molecule has 0 aliphatic heterocycles. The lowest BCUT2D eigenvalue weighted by Crippen LogP contribution is -2.39. The van der Waals surface area contributed by atoms with Crippen molar-refractivity contribution in [3.63, 3.8) is 0 Å². The van der Waals surface area contributed by atoms with Gasteiger partial charge >= 0.3 is 0 Å². The Morgan fingerprint density at radius 3 is 2.37 bits per heavy atom. The van der Waals surface area contributed by atoms with Gasteiger partial charge in [-0.3, -0.25) is 24.2 Å². The summed E-state index contributed by atoms with van der Waals surface area (Å²) in [6.07, 6.45) is 3.13. The van der Waals surface area contributed by atoms with E-state index < -0.39 is 16.8 Å². The standard InChI is InChI=1S/C33H50N10O6/c1-21(6-11-25(44)37-16-17-48-33(4,5)20-49-32(2,3)13-12-26(45)36-15-14-34)40-29(46)22-7-9-23(10-8-22)38-18-24-19-39-28-27(41-24)30(47)43-31(35)42-28/h7-10,19,21,38H,6,11-18,20,34H2,1-5H3,(H,36,45)(H,37,44)(H,40,46)(H3,35,39,42,43,47)/t21-/m1/s1. The Kier molecular flexibility index (Phi) is 14.4. The molecule has 0 unspecified atom stereocenters. The summed E-state index contributed by atoms with van der Waals surface area (Å²) in [6, 6.07) is 6.69. The van der Waals surface area contributed by atoms with Gasteiger partial charge in [-0.2, -0.15) is 4.98 Å². The summed E-state index contributed by atoms with van der Waals surface area (Å²) in [4.78, 5) is 63.9. The van der Waals surface area contributed by atoms with Crippen molar-refractivity contribution < 1.29 is 23.9 Å². The number of anilines is 2. The number of nitrogens with two attached hydrogens (primary N) is 2. The summed E-state index contributed by atoms with van der Waals surface area (Å²) in [6.45, 7) is 11.7. The minimum absolute atomic E-state index is 0.0251. The van der Waals surface area contributed by atoms with E-state index in [0.717, 1.165) is 5.69 Å². The van der Waals surface area contributed by atoms with E-state index in [4.69, 9.17) is 20.9 Å². The van der Waals surface area contributed by atoms with Crippen LogP contribution >= 0.6 is 0 Å². The van der Waals surface area contributed by atoms with E-state index in [1.54, 1.807) is 24.3 Å². The van der Waals surface area contributed by atoms with Crippen molar-refractivity contribution in [1.82, 2.24) is 35.9 Å². The Hall–Kier alpha value is -4.67. The summed E-state index contributed by atoms with van der Waals surface area (Å²) in [7, 11) is 0. The Morgan fingerprint density at radius 1 is 0.959 bits per heavy atom. The molecule has 2 heterocycles. The maximum absolute atomic E-state index is 12.7. The van der Waals surface area contributed by atoms with Crippen LogP contribution in [0.15, 0.2) is 35.3 Å². The Morgan fingerprint density at radius 2 is 1.65 bits per heavy atom. The quantitative estimate of drug-likeness (QED) is 0.0836. The van der Waals surface area contributed by atoms with Gasteiger partial charge in [-0.05, 0) is 71.7 Å². The summed E-state index contributed by atoms with van der Waals surface area (Å²) in [5, 5.41) is 11.7. The fourth-order valence-corrected chi connectivity index (χ4v) is 4.52. The molecule has 1 aromatic carbocycles. The van der Waals surface area contributed by atoms with Crippen LogP contribution in [0.1, 0.15) is 76.4 Å². The molecule has 16 nitrogen and oxygen atoms in total. The fourth-order valence-electron chi connectivity index (χ4n) is 4.52. The molecule has 0 saturated carbocycles. The van der Waals surface area contributed by atoms with Crippen LogP contribution in [0.4, 0.5) is 11.6 Å². The van der Waals surface area contributed by atoms with Gasteiger partial charge < -0.3 is 42.2 Å². The predicted molar refractivity (Wildman–Crippen MR) is 187 cm³/mol. The first-order valence-corrected chi connectivity index (χ1v) is 16.3. The smallest absolute Gasteiger partial charge is 0.280 e. The van der Waals surface area contributed by atoms with Gasteiger partial charge in [0.25, 0.3) is 11.5 Å². The number of carbonyl (C=O) groups excluding carboxylic acids is 3. The highest BCUT2D eigenvalue weighted by Gasteiger charge is 2.26. The number of hydrogen-bond acceptors (Lipinski definition) is 12. The lowest BCUT2D eigenvalue weighted by Gasteiger charge is -2.32. The Bertz CT molecular complexity index is 1610. The van der Waals surface area contributed by atoms with Crippen molar-refractivity contribution in [3.8, 4) is 0 Å². The normalized spacial score (nSPS) is 12.4. The topological polar surface area (TPSA) is 241 Å². The summed E-state index contributed by atoms with van der Waals surface area (Å²) >= 11 is 0. The molecular weight excluding hydrogens is 632 g/mol. The summed E-state index contributed by atoms with van der Waals surface area (Å²) in [5.74, 6) is -0.462. The van der Waals surface area contributed by atoms with Crippen LogP contribution in [0.25, 0.3) is 11.2 Å². The monoisotopic (exact) mass is 682 g/mol. The zero-order valence-corrected chi connectivity index (χ0v) is 29.0. The lowest BCUT2D eigenvalue weighted by molar-refractivity contribution is -0.131. The van der Waals surface area contributed by atoms with Crippen LogP contribution in [-0.4, -0.2) is 87.7 Å². The molecule has 9 N–H and O–H groups in total. The van der Waals surface area contributed by atoms with Gasteiger partial charge in [0.15, 0.2) is 11.2 Å². The van der Waals surface area contributed by atoms with Crippen molar-refractivity contribution in [1.29, 1.82) is 0 Å². The molecule has 3 rings (SSSR count). The number of aromatic nitrogens is 4. The Balaban J connectivity index is 1.31. The Labute approximate surface area is 285 Å². The van der Waals surface area contributed by atoms with Gasteiger partial charge in [0.1, 0.15) is 0 Å². The van der Waals surface area contributed by atoms with Gasteiger partial charge in [-0.15, -0.1) is 0 Å². The predicted octanol–water partition coefficient (Wildman–Crippen LogP) is 1.37. The number of aromatic amines is 1. The third-order valence-corrected chi connectivity index (χ3v) is 7.44. The van der Waals surface area contributed by atoms with E-state index in [1.165, 1.54) is 6.20 Å². The molecule has 0 spiro atoms. The second kappa shape index (κ2) is 18.2. The number of benzene rings is 1. The van der Waals surface area contributed by atoms with Crippen molar-refractivity contribution in [3.05, 3.63) is 52.1 Å². The number of carbonyl (C=O) groups is 3. The zero-order chi connectivity index (χ0) is 36.0. The molecule has 0 bridgehead atoms. The van der Waals surface area contributed by atoms with Crippen LogP contribution < -0.4 is 38.3 Å². The van der Waals surface area contributed by atoms with Crippen LogP contribution in [0.3, 0.4) is 0 Å². The molecule has 0 aliphatic carbocycles. The number of H-pyrrole nitrogens is 1. The number of nitrogens with zero attached hydrogens (tertiary/aromatic N) is 3. The van der Waals surface area contributed by atoms with Crippen LogP contribution in [0, 0.1) is 0 Å². The average molecular weight is 683 g/mol. The number of nitrogen functional groups attached to an aromatic ring is 1. The number of ether oxygens (including phenoxy) is 2. The molecule has 2 aromatic heterocycles. The van der Waals surface area contributed by atoms with E-state index in [2.05, 4.69) is 41.2 Å². The van der Waals surface area contributed by atoms with Gasteiger partial charge in [0.2, 0.25) is 17.8 Å². The maximum Gasteiger partial charge on any atom is 0.280 e. The first-order chi connectivity index (χ1) is 23.2. The number of hydrogen-bond donors (Lipinski definition) is 7. The number of rotatable bonds is 20. The third-order valence-electron chi connectivity index (χ3n) is 7.44. The minimum Gasteiger partial charge on any atom is -0.379 e. The van der Waals surface area contributed by atoms with Crippen molar-refractivity contribution >= 4 is 40.5 Å². The highest BCUT2D eigenvalue weighted by molar-refractivity contribution is 5.94. The molecule has 268 valence electrons. The van der Waals surface area contributed by atoms with Gasteiger partial charge in [0, 0.05) is 49.8 Å². The van der Waals surface area contributed by atoms with Crippen molar-refractivity contribution in [2.75, 3.05) is 43.9 Å². The SMILES string of the molecule is C[C@H](CCC(=O)NCCOC(C)(C)COC(C)(C)CCC(=O)NCCN)NC(=O)c1ccc(NCc2cnc3nc(N)[nH]c(=O)c3n2)cc1. The molecule has 0 aliphatic rings. The van der Waals surface area contributed by atoms with E-state index >= 15 is 0 Å². The first-order valence-electron chi connectivity index (χ1n) is 16.3. The molecule has 0 radical (unpaired) electrons. The van der Waals surface area contributed by atoms with Crippen molar-refractivity contribution in [2.24, 2.45) is 5.73 Å². The van der Waals surface area contributed by atoms with E-state index in [-0.39, 0.29) is 47.3 Å². The molecule has 3 amide bonds. The van der Waals surface area contributed by atoms with Gasteiger partial charge in [-0.25, -0.2) is 9.97 Å². The van der Waals surface area contributed by atoms with E-state index in [9.17, 15) is 19.2 Å². The van der Waals surface area contributed by atoms with Gasteiger partial charge in [0.05, 0.1) is 42.9 Å². The maximum atomic E-state index is 12.7. The lowest BCUT2D eigenvalue weighted by atomic mass is 10.0. The molecule has 0 fully saturated rings. The van der Waals surface area contributed by atoms with Crippen LogP contribution in [0.5, 0.6) is 0 Å². The minimum atomic E-state index is -0.585. The molecule has 1 atom stereocenters.